The van der Waals surface area contributed by atoms with Gasteiger partial charge in [0.25, 0.3) is 0 Å². The van der Waals surface area contributed by atoms with Crippen LogP contribution in [0.15, 0.2) is 17.9 Å². The molecular formula is C9H12N4S. The predicted molar refractivity (Wildman–Crippen MR) is 56.3 cm³/mol. The molecule has 4 nitrogen and oxygen atoms in total. The van der Waals surface area contributed by atoms with Crippen molar-refractivity contribution in [3.05, 3.63) is 34.0 Å². The molecule has 2 aromatic rings. The Kier molecular flexibility index (Phi) is 2.90. The molecule has 2 rings (SSSR count). The summed E-state index contributed by atoms with van der Waals surface area (Å²) in [6, 6.07) is 0. The van der Waals surface area contributed by atoms with E-state index in [4.69, 9.17) is 5.73 Å². The lowest BCUT2D eigenvalue weighted by molar-refractivity contribution is 0.890. The van der Waals surface area contributed by atoms with Gasteiger partial charge in [0.2, 0.25) is 0 Å². The van der Waals surface area contributed by atoms with E-state index in [9.17, 15) is 0 Å². The van der Waals surface area contributed by atoms with Crippen LogP contribution in [0.5, 0.6) is 0 Å². The number of hydrogen-bond acceptors (Lipinski definition) is 4. The minimum Gasteiger partial charge on any atom is -0.330 e. The van der Waals surface area contributed by atoms with Gasteiger partial charge in [0.15, 0.2) is 0 Å². The summed E-state index contributed by atoms with van der Waals surface area (Å²) in [5, 5.41) is 7.00. The molecule has 0 saturated heterocycles. The van der Waals surface area contributed by atoms with E-state index >= 15 is 0 Å². The third kappa shape index (κ3) is 2.00. The molecule has 2 heterocycles. The van der Waals surface area contributed by atoms with Crippen molar-refractivity contribution in [3.63, 3.8) is 0 Å². The highest BCUT2D eigenvalue weighted by Crippen LogP contribution is 2.15. The maximum absolute atomic E-state index is 5.50. The Balaban J connectivity index is 2.12. The average Bonchev–Trinajstić information content (AvgIpc) is 2.80. The molecule has 0 fully saturated rings. The highest BCUT2D eigenvalue weighted by molar-refractivity contribution is 7.09. The molecule has 0 atom stereocenters. The van der Waals surface area contributed by atoms with Crippen LogP contribution in [-0.4, -0.2) is 21.7 Å². The van der Waals surface area contributed by atoms with Gasteiger partial charge < -0.3 is 5.73 Å². The lowest BCUT2D eigenvalue weighted by Gasteiger charge is -1.98. The van der Waals surface area contributed by atoms with Crippen LogP contribution in [-0.2, 0) is 12.8 Å². The Morgan fingerprint density at radius 3 is 3.07 bits per heavy atom. The lowest BCUT2D eigenvalue weighted by Crippen LogP contribution is -2.05. The van der Waals surface area contributed by atoms with Crippen LogP contribution < -0.4 is 5.73 Å². The van der Waals surface area contributed by atoms with Gasteiger partial charge in [-0.05, 0) is 12.1 Å². The Morgan fingerprint density at radius 2 is 2.36 bits per heavy atom. The van der Waals surface area contributed by atoms with Gasteiger partial charge in [-0.15, -0.1) is 11.3 Å². The van der Waals surface area contributed by atoms with Crippen molar-refractivity contribution in [3.8, 4) is 0 Å². The number of aromatic amines is 1. The van der Waals surface area contributed by atoms with E-state index in [2.05, 4.69) is 15.2 Å². The molecule has 0 unspecified atom stereocenters. The minimum absolute atomic E-state index is 0.651. The van der Waals surface area contributed by atoms with E-state index in [0.717, 1.165) is 18.5 Å². The predicted octanol–water partition coefficient (Wildman–Crippen LogP) is 0.958. The van der Waals surface area contributed by atoms with Crippen molar-refractivity contribution in [2.24, 2.45) is 5.73 Å². The minimum atomic E-state index is 0.651. The molecule has 0 saturated carbocycles. The SMILES string of the molecule is NCCc1[nH]ncc1Cc1cncs1. The fraction of sp³-hybridized carbons (Fsp3) is 0.333. The van der Waals surface area contributed by atoms with E-state index in [1.165, 1.54) is 10.4 Å². The molecule has 0 aromatic carbocycles. The number of hydrogen-bond donors (Lipinski definition) is 2. The van der Waals surface area contributed by atoms with E-state index in [1.807, 2.05) is 17.9 Å². The van der Waals surface area contributed by atoms with Gasteiger partial charge in [0.1, 0.15) is 0 Å². The molecular weight excluding hydrogens is 196 g/mol. The Labute approximate surface area is 86.2 Å². The number of nitrogens with one attached hydrogen (secondary N) is 1. The summed E-state index contributed by atoms with van der Waals surface area (Å²) >= 11 is 1.66. The zero-order chi connectivity index (χ0) is 9.80. The fourth-order valence-electron chi connectivity index (χ4n) is 1.37. The molecule has 0 aliphatic heterocycles. The van der Waals surface area contributed by atoms with Crippen LogP contribution in [0.2, 0.25) is 0 Å². The zero-order valence-corrected chi connectivity index (χ0v) is 8.55. The van der Waals surface area contributed by atoms with Crippen LogP contribution in [0.4, 0.5) is 0 Å². The van der Waals surface area contributed by atoms with E-state index in [-0.39, 0.29) is 0 Å². The second-order valence-corrected chi connectivity index (χ2v) is 4.03. The molecule has 0 aliphatic rings. The van der Waals surface area contributed by atoms with Gasteiger partial charge in [-0.3, -0.25) is 10.1 Å². The van der Waals surface area contributed by atoms with E-state index < -0.39 is 0 Å². The molecule has 3 N–H and O–H groups in total. The summed E-state index contributed by atoms with van der Waals surface area (Å²) in [4.78, 5) is 5.30. The summed E-state index contributed by atoms with van der Waals surface area (Å²) in [7, 11) is 0. The molecule has 0 radical (unpaired) electrons. The van der Waals surface area contributed by atoms with Crippen molar-refractivity contribution in [1.29, 1.82) is 0 Å². The molecule has 74 valence electrons. The Hall–Kier alpha value is -1.20. The van der Waals surface area contributed by atoms with Crippen LogP contribution >= 0.6 is 11.3 Å². The van der Waals surface area contributed by atoms with Crippen molar-refractivity contribution >= 4 is 11.3 Å². The first-order chi connectivity index (χ1) is 6.90. The van der Waals surface area contributed by atoms with E-state index in [0.29, 0.717) is 6.54 Å². The van der Waals surface area contributed by atoms with Gasteiger partial charge >= 0.3 is 0 Å². The van der Waals surface area contributed by atoms with Crippen LogP contribution in [0.3, 0.4) is 0 Å². The van der Waals surface area contributed by atoms with Crippen molar-refractivity contribution in [1.82, 2.24) is 15.2 Å². The van der Waals surface area contributed by atoms with Gasteiger partial charge in [-0.25, -0.2) is 0 Å². The highest BCUT2D eigenvalue weighted by atomic mass is 32.1. The van der Waals surface area contributed by atoms with Gasteiger partial charge in [0.05, 0.1) is 11.7 Å². The molecule has 0 aliphatic carbocycles. The number of nitrogens with zero attached hydrogens (tertiary/aromatic N) is 2. The van der Waals surface area contributed by atoms with Gasteiger partial charge in [0, 0.05) is 29.6 Å². The van der Waals surface area contributed by atoms with Crippen LogP contribution in [0.1, 0.15) is 16.1 Å². The molecule has 5 heteroatoms. The maximum Gasteiger partial charge on any atom is 0.0794 e. The number of thiazole rings is 1. The number of aromatic nitrogens is 3. The number of H-pyrrole nitrogens is 1. The summed E-state index contributed by atoms with van der Waals surface area (Å²) in [5.41, 5.74) is 9.71. The second-order valence-electron chi connectivity index (χ2n) is 3.06. The average molecular weight is 208 g/mol. The molecule has 0 amide bonds. The van der Waals surface area contributed by atoms with Crippen LogP contribution in [0.25, 0.3) is 0 Å². The monoisotopic (exact) mass is 208 g/mol. The highest BCUT2D eigenvalue weighted by Gasteiger charge is 2.05. The van der Waals surface area contributed by atoms with Crippen molar-refractivity contribution < 1.29 is 0 Å². The van der Waals surface area contributed by atoms with Gasteiger partial charge in [-0.1, -0.05) is 0 Å². The Morgan fingerprint density at radius 1 is 1.43 bits per heavy atom. The fourth-order valence-corrected chi connectivity index (χ4v) is 1.99. The van der Waals surface area contributed by atoms with Crippen molar-refractivity contribution in [2.75, 3.05) is 6.54 Å². The second kappa shape index (κ2) is 4.34. The number of rotatable bonds is 4. The first-order valence-electron chi connectivity index (χ1n) is 4.48. The summed E-state index contributed by atoms with van der Waals surface area (Å²) < 4.78 is 0. The normalized spacial score (nSPS) is 10.6. The first-order valence-corrected chi connectivity index (χ1v) is 5.36. The lowest BCUT2D eigenvalue weighted by atomic mass is 10.1. The molecule has 0 spiro atoms. The third-order valence-corrected chi connectivity index (χ3v) is 2.83. The largest absolute Gasteiger partial charge is 0.330 e. The summed E-state index contributed by atoms with van der Waals surface area (Å²) in [6.45, 7) is 0.651. The summed E-state index contributed by atoms with van der Waals surface area (Å²) in [6.07, 6.45) is 5.51. The van der Waals surface area contributed by atoms with Crippen LogP contribution in [0, 0.1) is 0 Å². The standard InChI is InChI=1S/C9H12N4S/c10-2-1-9-7(4-12-13-9)3-8-5-11-6-14-8/h4-6H,1-3,10H2,(H,12,13). The molecule has 0 bridgehead atoms. The number of nitrogens with two attached hydrogens (primary N) is 1. The Bertz CT molecular complexity index is 379. The topological polar surface area (TPSA) is 67.6 Å². The quantitative estimate of drug-likeness (QED) is 0.786. The maximum atomic E-state index is 5.50. The van der Waals surface area contributed by atoms with E-state index in [1.54, 1.807) is 11.3 Å². The molecule has 14 heavy (non-hydrogen) atoms. The zero-order valence-electron chi connectivity index (χ0n) is 7.73. The first kappa shape index (κ1) is 9.36. The summed E-state index contributed by atoms with van der Waals surface area (Å²) in [5.74, 6) is 0. The smallest absolute Gasteiger partial charge is 0.0794 e. The van der Waals surface area contributed by atoms with Gasteiger partial charge in [-0.2, -0.15) is 5.10 Å². The van der Waals surface area contributed by atoms with Crippen molar-refractivity contribution in [2.45, 2.75) is 12.8 Å². The third-order valence-electron chi connectivity index (χ3n) is 2.05. The molecule has 2 aromatic heterocycles.